The Bertz CT molecular complexity index is 422. The highest BCUT2D eigenvalue weighted by Crippen LogP contribution is 2.34. The second-order valence-electron chi connectivity index (χ2n) is 5.52. The largest absolute Gasteiger partial charge is 0.326 e. The summed E-state index contributed by atoms with van der Waals surface area (Å²) in [5.41, 5.74) is 0.906. The monoisotopic (exact) mass is 277 g/mol. The van der Waals surface area contributed by atoms with Crippen molar-refractivity contribution in [2.75, 3.05) is 25.0 Å². The summed E-state index contributed by atoms with van der Waals surface area (Å²) in [7, 11) is 0. The van der Waals surface area contributed by atoms with Crippen molar-refractivity contribution < 1.29 is 4.79 Å². The summed E-state index contributed by atoms with van der Waals surface area (Å²) in [6, 6.07) is 9.74. The van der Waals surface area contributed by atoms with E-state index in [9.17, 15) is 4.79 Å². The zero-order chi connectivity index (χ0) is 12.4. The summed E-state index contributed by atoms with van der Waals surface area (Å²) in [6.07, 6.45) is 3.24. The summed E-state index contributed by atoms with van der Waals surface area (Å²) < 4.78 is 0. The van der Waals surface area contributed by atoms with Gasteiger partial charge in [-0.1, -0.05) is 18.2 Å². The number of carbonyl (C=O) groups excluding carboxylic acids is 1. The van der Waals surface area contributed by atoms with Crippen LogP contribution in [0.4, 0.5) is 5.69 Å². The summed E-state index contributed by atoms with van der Waals surface area (Å²) >= 11 is 0. The number of fused-ring (bicyclic) bond motifs is 3. The minimum atomic E-state index is 0. The lowest BCUT2D eigenvalue weighted by atomic mass is 9.77. The van der Waals surface area contributed by atoms with Crippen LogP contribution >= 0.6 is 0 Å². The van der Waals surface area contributed by atoms with E-state index in [1.807, 2.05) is 30.3 Å². The fourth-order valence-electron chi connectivity index (χ4n) is 3.29. The quantitative estimate of drug-likeness (QED) is 0.842. The van der Waals surface area contributed by atoms with Crippen LogP contribution in [0.15, 0.2) is 30.3 Å². The molecule has 0 aromatic heterocycles. The Morgan fingerprint density at radius 1 is 1.10 bits per heavy atom. The smallest absolute Gasteiger partial charge is 0.224 e. The molecule has 0 spiro atoms. The molecule has 6 heteroatoms. The van der Waals surface area contributed by atoms with Gasteiger partial charge in [-0.2, -0.15) is 0 Å². The van der Waals surface area contributed by atoms with E-state index in [2.05, 4.69) is 10.2 Å². The SMILES string of the molecule is O=C(C[C@@H]1CN2CCC1CC2)Nc1ccccc1.[B].[B].[B]. The topological polar surface area (TPSA) is 32.3 Å². The highest BCUT2D eigenvalue weighted by molar-refractivity contribution is 5.90. The lowest BCUT2D eigenvalue weighted by Gasteiger charge is -2.44. The molecule has 1 atom stereocenters. The van der Waals surface area contributed by atoms with Gasteiger partial charge in [0, 0.05) is 43.9 Å². The highest BCUT2D eigenvalue weighted by Gasteiger charge is 2.34. The van der Waals surface area contributed by atoms with Crippen LogP contribution in [0.2, 0.25) is 0 Å². The van der Waals surface area contributed by atoms with Gasteiger partial charge in [0.25, 0.3) is 0 Å². The molecule has 1 amide bonds. The standard InChI is InChI=1S/C15H20N2O.3B/c18-15(16-14-4-2-1-3-5-14)10-13-11-17-8-6-12(13)7-9-17;;;/h1-5,12-13H,6-11H2,(H,16,18);;;/t13-;;;/m1.../s1. The van der Waals surface area contributed by atoms with Crippen molar-refractivity contribution in [2.24, 2.45) is 11.8 Å². The highest BCUT2D eigenvalue weighted by atomic mass is 16.1. The molecule has 105 valence electrons. The average Bonchev–Trinajstić information content (AvgIpc) is 2.41. The Hall–Kier alpha value is -1.16. The number of hydrogen-bond donors (Lipinski definition) is 1. The third kappa shape index (κ3) is 4.96. The average molecular weight is 277 g/mol. The molecule has 1 aromatic carbocycles. The van der Waals surface area contributed by atoms with Crippen molar-refractivity contribution in [3.63, 3.8) is 0 Å². The van der Waals surface area contributed by atoms with Crippen molar-refractivity contribution in [3.8, 4) is 0 Å². The molecule has 3 nitrogen and oxygen atoms in total. The molecular formula is C15H20B3N2O. The van der Waals surface area contributed by atoms with Crippen LogP contribution in [-0.2, 0) is 4.79 Å². The molecule has 0 saturated carbocycles. The Kier molecular flexibility index (Phi) is 8.49. The van der Waals surface area contributed by atoms with Crippen LogP contribution < -0.4 is 5.32 Å². The first-order valence-corrected chi connectivity index (χ1v) is 6.88. The van der Waals surface area contributed by atoms with E-state index in [-0.39, 0.29) is 31.1 Å². The molecule has 21 heavy (non-hydrogen) atoms. The van der Waals surface area contributed by atoms with E-state index >= 15 is 0 Å². The van der Waals surface area contributed by atoms with E-state index < -0.39 is 0 Å². The van der Waals surface area contributed by atoms with Crippen LogP contribution in [0.5, 0.6) is 0 Å². The number of rotatable bonds is 3. The Morgan fingerprint density at radius 3 is 2.24 bits per heavy atom. The maximum atomic E-state index is 12.0. The van der Waals surface area contributed by atoms with E-state index in [1.54, 1.807) is 0 Å². The molecule has 3 heterocycles. The molecule has 0 unspecified atom stereocenters. The molecule has 3 aliphatic heterocycles. The van der Waals surface area contributed by atoms with Gasteiger partial charge < -0.3 is 10.2 Å². The van der Waals surface area contributed by atoms with E-state index in [0.717, 1.165) is 18.2 Å². The van der Waals surface area contributed by atoms with Crippen molar-refractivity contribution in [1.29, 1.82) is 0 Å². The first kappa shape index (κ1) is 19.8. The van der Waals surface area contributed by atoms with E-state index in [4.69, 9.17) is 0 Å². The van der Waals surface area contributed by atoms with Crippen molar-refractivity contribution in [1.82, 2.24) is 4.90 Å². The summed E-state index contributed by atoms with van der Waals surface area (Å²) in [5, 5.41) is 2.99. The molecular weight excluding hydrogens is 257 g/mol. The van der Waals surface area contributed by atoms with Crippen molar-refractivity contribution in [3.05, 3.63) is 30.3 Å². The maximum Gasteiger partial charge on any atom is 0.224 e. The van der Waals surface area contributed by atoms with Gasteiger partial charge in [0.05, 0.1) is 0 Å². The molecule has 3 fully saturated rings. The third-order valence-electron chi connectivity index (χ3n) is 4.30. The second-order valence-corrected chi connectivity index (χ2v) is 5.52. The summed E-state index contributed by atoms with van der Waals surface area (Å²) in [5.74, 6) is 1.51. The second kappa shape index (κ2) is 8.98. The number of hydrogen-bond acceptors (Lipinski definition) is 2. The molecule has 2 bridgehead atoms. The van der Waals surface area contributed by atoms with Gasteiger partial charge in [-0.3, -0.25) is 4.79 Å². The van der Waals surface area contributed by atoms with Gasteiger partial charge in [-0.15, -0.1) is 0 Å². The van der Waals surface area contributed by atoms with Crippen LogP contribution in [0.25, 0.3) is 0 Å². The third-order valence-corrected chi connectivity index (χ3v) is 4.30. The number of carbonyl (C=O) groups is 1. The van der Waals surface area contributed by atoms with Gasteiger partial charge in [-0.25, -0.2) is 0 Å². The molecule has 9 radical (unpaired) electrons. The first-order valence-electron chi connectivity index (χ1n) is 6.88. The predicted octanol–water partition coefficient (Wildman–Crippen LogP) is 1.21. The first-order chi connectivity index (χ1) is 8.81. The normalized spacial score (nSPS) is 25.8. The lowest BCUT2D eigenvalue weighted by Crippen LogP contribution is -2.48. The van der Waals surface area contributed by atoms with Gasteiger partial charge in [0.1, 0.15) is 0 Å². The lowest BCUT2D eigenvalue weighted by molar-refractivity contribution is -0.118. The van der Waals surface area contributed by atoms with Crippen molar-refractivity contribution in [2.45, 2.75) is 19.3 Å². The Morgan fingerprint density at radius 2 is 1.71 bits per heavy atom. The van der Waals surface area contributed by atoms with E-state index in [0.29, 0.717) is 12.3 Å². The molecule has 3 aliphatic rings. The number of para-hydroxylation sites is 1. The van der Waals surface area contributed by atoms with Crippen LogP contribution in [0.3, 0.4) is 0 Å². The minimum absolute atomic E-state index is 0. The molecule has 1 N–H and O–H groups in total. The van der Waals surface area contributed by atoms with Gasteiger partial charge in [0.15, 0.2) is 0 Å². The zero-order valence-electron chi connectivity index (χ0n) is 12.4. The fourth-order valence-corrected chi connectivity index (χ4v) is 3.29. The van der Waals surface area contributed by atoms with Crippen molar-refractivity contribution >= 4 is 36.8 Å². The number of piperidine rings is 3. The number of nitrogens with zero attached hydrogens (tertiary/aromatic N) is 1. The van der Waals surface area contributed by atoms with Crippen LogP contribution in [-0.4, -0.2) is 55.7 Å². The molecule has 4 rings (SSSR count). The number of anilines is 1. The van der Waals surface area contributed by atoms with Gasteiger partial charge in [-0.05, 0) is 49.9 Å². The molecule has 3 saturated heterocycles. The Balaban J connectivity index is 0.00000133. The predicted molar refractivity (Wildman–Crippen MR) is 89.6 cm³/mol. The number of benzene rings is 1. The number of nitrogens with one attached hydrogen (secondary N) is 1. The maximum absolute atomic E-state index is 12.0. The zero-order valence-corrected chi connectivity index (χ0v) is 12.4. The Labute approximate surface area is 133 Å². The van der Waals surface area contributed by atoms with Crippen LogP contribution in [0, 0.1) is 11.8 Å². The minimum Gasteiger partial charge on any atom is -0.326 e. The van der Waals surface area contributed by atoms with Gasteiger partial charge >= 0.3 is 0 Å². The van der Waals surface area contributed by atoms with Crippen LogP contribution in [0.1, 0.15) is 19.3 Å². The van der Waals surface area contributed by atoms with E-state index in [1.165, 1.54) is 25.9 Å². The molecule has 0 aliphatic carbocycles. The fraction of sp³-hybridized carbons (Fsp3) is 0.533. The summed E-state index contributed by atoms with van der Waals surface area (Å²) in [4.78, 5) is 14.5. The number of amides is 1. The van der Waals surface area contributed by atoms with Gasteiger partial charge in [0.2, 0.25) is 5.91 Å². The molecule has 1 aromatic rings. The summed E-state index contributed by atoms with van der Waals surface area (Å²) in [6.45, 7) is 3.59.